The van der Waals surface area contributed by atoms with Gasteiger partial charge in [0, 0.05) is 25.7 Å². The molecule has 8 heteroatoms. The Bertz CT molecular complexity index is 878. The van der Waals surface area contributed by atoms with Gasteiger partial charge in [-0.05, 0) is 43.2 Å². The third-order valence-electron chi connectivity index (χ3n) is 4.18. The van der Waals surface area contributed by atoms with Crippen molar-refractivity contribution < 1.29 is 4.74 Å². The Labute approximate surface area is 182 Å². The molecule has 0 aliphatic rings. The Morgan fingerprint density at radius 3 is 2.68 bits per heavy atom. The van der Waals surface area contributed by atoms with Crippen molar-refractivity contribution in [2.75, 3.05) is 20.2 Å². The molecule has 150 valence electrons. The van der Waals surface area contributed by atoms with Crippen LogP contribution in [0.4, 0.5) is 0 Å². The van der Waals surface area contributed by atoms with Crippen molar-refractivity contribution in [2.45, 2.75) is 26.3 Å². The second kappa shape index (κ2) is 11.5. The van der Waals surface area contributed by atoms with Crippen LogP contribution in [0.15, 0.2) is 53.7 Å². The van der Waals surface area contributed by atoms with Crippen molar-refractivity contribution in [3.8, 4) is 5.75 Å². The van der Waals surface area contributed by atoms with E-state index < -0.39 is 0 Å². The highest BCUT2D eigenvalue weighted by Crippen LogP contribution is 2.11. The highest BCUT2D eigenvalue weighted by molar-refractivity contribution is 14.0. The van der Waals surface area contributed by atoms with Crippen molar-refractivity contribution in [1.82, 2.24) is 25.2 Å². The third kappa shape index (κ3) is 6.08. The molecule has 0 atom stereocenters. The molecule has 2 N–H and O–H groups in total. The van der Waals surface area contributed by atoms with Crippen LogP contribution >= 0.6 is 24.0 Å². The summed E-state index contributed by atoms with van der Waals surface area (Å²) in [6.07, 6.45) is 3.80. The molecule has 0 bridgehead atoms. The number of aryl methyl sites for hydroxylation is 1. The predicted octanol–water partition coefficient (Wildman–Crippen LogP) is 3.04. The summed E-state index contributed by atoms with van der Waals surface area (Å²) in [5.41, 5.74) is 2.03. The number of hydrogen-bond acceptors (Lipinski definition) is 4. The van der Waals surface area contributed by atoms with Crippen LogP contribution in [0.5, 0.6) is 5.75 Å². The van der Waals surface area contributed by atoms with E-state index in [0.717, 1.165) is 54.7 Å². The van der Waals surface area contributed by atoms with Gasteiger partial charge < -0.3 is 15.4 Å². The van der Waals surface area contributed by atoms with Crippen LogP contribution < -0.4 is 15.4 Å². The summed E-state index contributed by atoms with van der Waals surface area (Å²) in [7, 11) is 1.67. The molecule has 0 radical (unpaired) electrons. The molecule has 2 heterocycles. The van der Waals surface area contributed by atoms with Crippen LogP contribution in [0.1, 0.15) is 24.7 Å². The zero-order chi connectivity index (χ0) is 18.9. The standard InChI is InChI=1S/C20H26N6O.HI/c1-3-21-20(23-15-16-9-11-17(27-2)12-10-16)22-13-6-8-19-25-24-18-7-4-5-14-26(18)19;/h4-5,7,9-12,14H,3,6,8,13,15H2,1-2H3,(H2,21,22,23);1H. The van der Waals surface area contributed by atoms with Crippen LogP contribution in [0.2, 0.25) is 0 Å². The van der Waals surface area contributed by atoms with Gasteiger partial charge in [-0.1, -0.05) is 18.2 Å². The number of rotatable bonds is 8. The molecule has 0 spiro atoms. The Kier molecular flexibility index (Phi) is 8.99. The Balaban J connectivity index is 0.00000280. The first kappa shape index (κ1) is 21.9. The van der Waals surface area contributed by atoms with Gasteiger partial charge in [0.2, 0.25) is 0 Å². The molecule has 7 nitrogen and oxygen atoms in total. The van der Waals surface area contributed by atoms with Gasteiger partial charge in [-0.15, -0.1) is 34.2 Å². The summed E-state index contributed by atoms with van der Waals surface area (Å²) in [4.78, 5) is 4.64. The number of benzene rings is 1. The van der Waals surface area contributed by atoms with Crippen LogP contribution in [0, 0.1) is 0 Å². The van der Waals surface area contributed by atoms with E-state index in [9.17, 15) is 0 Å². The maximum Gasteiger partial charge on any atom is 0.191 e. The van der Waals surface area contributed by atoms with Gasteiger partial charge in [0.15, 0.2) is 11.6 Å². The topological polar surface area (TPSA) is 75.8 Å². The number of nitrogens with zero attached hydrogens (tertiary/aromatic N) is 4. The van der Waals surface area contributed by atoms with E-state index in [1.165, 1.54) is 0 Å². The molecular formula is C20H27IN6O. The van der Waals surface area contributed by atoms with Crippen molar-refractivity contribution in [2.24, 2.45) is 4.99 Å². The van der Waals surface area contributed by atoms with E-state index in [1.54, 1.807) is 7.11 Å². The SMILES string of the molecule is CCNC(=NCc1ccc(OC)cc1)NCCCc1nnc2ccccn12.I. The second-order valence-corrected chi connectivity index (χ2v) is 6.12. The normalized spacial score (nSPS) is 11.1. The molecule has 1 aromatic carbocycles. The number of aliphatic imine (C=N–C) groups is 1. The number of fused-ring (bicyclic) bond motifs is 1. The lowest BCUT2D eigenvalue weighted by molar-refractivity contribution is 0.414. The lowest BCUT2D eigenvalue weighted by atomic mass is 10.2. The van der Waals surface area contributed by atoms with Gasteiger partial charge in [0.1, 0.15) is 11.6 Å². The smallest absolute Gasteiger partial charge is 0.191 e. The average Bonchev–Trinajstić information content (AvgIpc) is 3.13. The average molecular weight is 494 g/mol. The monoisotopic (exact) mass is 494 g/mol. The van der Waals surface area contributed by atoms with Crippen molar-refractivity contribution in [3.63, 3.8) is 0 Å². The van der Waals surface area contributed by atoms with Crippen LogP contribution in [0.25, 0.3) is 5.65 Å². The maximum atomic E-state index is 5.18. The molecule has 3 rings (SSSR count). The maximum absolute atomic E-state index is 5.18. The number of hydrogen-bond donors (Lipinski definition) is 2. The van der Waals surface area contributed by atoms with E-state index in [4.69, 9.17) is 4.74 Å². The summed E-state index contributed by atoms with van der Waals surface area (Å²) in [5.74, 6) is 2.65. The highest BCUT2D eigenvalue weighted by atomic mass is 127. The van der Waals surface area contributed by atoms with Crippen molar-refractivity contribution >= 4 is 35.6 Å². The second-order valence-electron chi connectivity index (χ2n) is 6.12. The number of pyridine rings is 1. The summed E-state index contributed by atoms with van der Waals surface area (Å²) in [6.45, 7) is 4.32. The number of aromatic nitrogens is 3. The number of ether oxygens (including phenoxy) is 1. The highest BCUT2D eigenvalue weighted by Gasteiger charge is 2.04. The van der Waals surface area contributed by atoms with Crippen LogP contribution in [0.3, 0.4) is 0 Å². The molecule has 28 heavy (non-hydrogen) atoms. The van der Waals surface area contributed by atoms with Crippen LogP contribution in [-0.2, 0) is 13.0 Å². The molecule has 3 aromatic rings. The Morgan fingerprint density at radius 1 is 1.11 bits per heavy atom. The molecule has 0 saturated carbocycles. The van der Waals surface area contributed by atoms with Gasteiger partial charge in [-0.25, -0.2) is 4.99 Å². The van der Waals surface area contributed by atoms with Gasteiger partial charge >= 0.3 is 0 Å². The van der Waals surface area contributed by atoms with E-state index in [1.807, 2.05) is 53.1 Å². The Hall–Kier alpha value is -2.36. The summed E-state index contributed by atoms with van der Waals surface area (Å²) < 4.78 is 7.22. The van der Waals surface area contributed by atoms with E-state index in [2.05, 4.69) is 32.7 Å². The molecular weight excluding hydrogens is 467 g/mol. The lowest BCUT2D eigenvalue weighted by Crippen LogP contribution is -2.37. The molecule has 2 aromatic heterocycles. The fourth-order valence-corrected chi connectivity index (χ4v) is 2.76. The first-order valence-corrected chi connectivity index (χ1v) is 9.24. The fourth-order valence-electron chi connectivity index (χ4n) is 2.76. The van der Waals surface area contributed by atoms with Gasteiger partial charge in [0.25, 0.3) is 0 Å². The first-order valence-electron chi connectivity index (χ1n) is 9.24. The third-order valence-corrected chi connectivity index (χ3v) is 4.18. The van der Waals surface area contributed by atoms with E-state index in [0.29, 0.717) is 6.54 Å². The van der Waals surface area contributed by atoms with Gasteiger partial charge in [-0.2, -0.15) is 0 Å². The van der Waals surface area contributed by atoms with Gasteiger partial charge in [0.05, 0.1) is 13.7 Å². The van der Waals surface area contributed by atoms with Crippen molar-refractivity contribution in [1.29, 1.82) is 0 Å². The molecule has 0 aliphatic heterocycles. The van der Waals surface area contributed by atoms with E-state index >= 15 is 0 Å². The Morgan fingerprint density at radius 2 is 1.93 bits per heavy atom. The zero-order valence-corrected chi connectivity index (χ0v) is 18.6. The number of guanidine groups is 1. The quantitative estimate of drug-likeness (QED) is 0.218. The van der Waals surface area contributed by atoms with Crippen molar-refractivity contribution in [3.05, 3.63) is 60.0 Å². The minimum absolute atomic E-state index is 0. The molecule has 0 unspecified atom stereocenters. The number of methoxy groups -OCH3 is 1. The summed E-state index contributed by atoms with van der Waals surface area (Å²) >= 11 is 0. The minimum atomic E-state index is 0. The summed E-state index contributed by atoms with van der Waals surface area (Å²) in [6, 6.07) is 13.9. The minimum Gasteiger partial charge on any atom is -0.497 e. The zero-order valence-electron chi connectivity index (χ0n) is 16.3. The largest absolute Gasteiger partial charge is 0.497 e. The molecule has 0 fully saturated rings. The molecule has 0 saturated heterocycles. The number of nitrogens with one attached hydrogen (secondary N) is 2. The molecule has 0 amide bonds. The van der Waals surface area contributed by atoms with Crippen LogP contribution in [-0.4, -0.2) is 40.8 Å². The number of halogens is 1. The first-order chi connectivity index (χ1) is 13.3. The predicted molar refractivity (Wildman–Crippen MR) is 123 cm³/mol. The summed E-state index contributed by atoms with van der Waals surface area (Å²) in [5, 5.41) is 15.1. The fraction of sp³-hybridized carbons (Fsp3) is 0.350. The van der Waals surface area contributed by atoms with Gasteiger partial charge in [-0.3, -0.25) is 4.40 Å². The lowest BCUT2D eigenvalue weighted by Gasteiger charge is -2.11. The molecule has 0 aliphatic carbocycles. The van der Waals surface area contributed by atoms with E-state index in [-0.39, 0.29) is 24.0 Å².